The lowest BCUT2D eigenvalue weighted by Gasteiger charge is -2.32. The van der Waals surface area contributed by atoms with Crippen LogP contribution in [-0.4, -0.2) is 82.8 Å². The molecule has 212 valence electrons. The molecule has 0 rings (SSSR count). The number of quaternary nitrogens is 1. The maximum Gasteiger partial charge on any atom is 0.115 e. The summed E-state index contributed by atoms with van der Waals surface area (Å²) in [4.78, 5) is 0. The number of ether oxygens (including phenoxy) is 2. The summed E-state index contributed by atoms with van der Waals surface area (Å²) < 4.78 is 37.3. The number of hydrogen-bond acceptors (Lipinski definition) is 4. The van der Waals surface area contributed by atoms with Gasteiger partial charge < -0.3 is 18.5 Å². The molecule has 6 nitrogen and oxygen atoms in total. The van der Waals surface area contributed by atoms with Crippen molar-refractivity contribution in [3.8, 4) is 0 Å². The fraction of sp³-hybridized carbons (Fsp3) is 1.00. The lowest BCUT2D eigenvalue weighted by atomic mass is 10.0. The lowest BCUT2D eigenvalue weighted by molar-refractivity contribution is -0.870. The van der Waals surface area contributed by atoms with E-state index in [2.05, 4.69) is 50.7 Å². The minimum absolute atomic E-state index is 0.0225. The topological polar surface area (TPSA) is 61.8 Å². The minimum Gasteiger partial charge on any atom is -0.760 e. The Morgan fingerprint density at radius 1 is 0.857 bits per heavy atom. The monoisotopic (exact) mass is 632 g/mol. The van der Waals surface area contributed by atoms with Crippen molar-refractivity contribution in [1.29, 1.82) is 0 Å². The first-order valence-corrected chi connectivity index (χ1v) is 16.4. The molecule has 0 saturated carbocycles. The summed E-state index contributed by atoms with van der Waals surface area (Å²) in [5.41, 5.74) is 0. The first kappa shape index (κ1) is 35.7. The van der Waals surface area contributed by atoms with Crippen molar-refractivity contribution >= 4 is 33.9 Å². The van der Waals surface area contributed by atoms with E-state index in [1.807, 2.05) is 0 Å². The number of halogens is 1. The largest absolute Gasteiger partial charge is 0.760 e. The Morgan fingerprint density at radius 2 is 1.34 bits per heavy atom. The standard InChI is InChI=1S/C27H57IN2O4S/c1-6-7-8-9-10-11-12-13-14-15-16-17-18-19-23-34-27(28)26(25-33-5)24-29(35(31)32)21-20-22-30(2,3)4/h26-27H,6-25H2,1-5H3. The second-order valence-electron chi connectivity index (χ2n) is 11.0. The first-order valence-electron chi connectivity index (χ1n) is 14.1. The molecule has 3 unspecified atom stereocenters. The third kappa shape index (κ3) is 23.5. The van der Waals surface area contributed by atoms with Gasteiger partial charge in [-0.05, 0) is 6.42 Å². The van der Waals surface area contributed by atoms with E-state index < -0.39 is 11.3 Å². The fourth-order valence-electron chi connectivity index (χ4n) is 4.26. The van der Waals surface area contributed by atoms with Crippen molar-refractivity contribution in [3.05, 3.63) is 0 Å². The zero-order chi connectivity index (χ0) is 26.4. The molecule has 0 aliphatic heterocycles. The molecule has 0 aromatic rings. The Hall–Kier alpha value is 0.680. The van der Waals surface area contributed by atoms with Crippen LogP contribution in [0.25, 0.3) is 0 Å². The van der Waals surface area contributed by atoms with E-state index in [1.165, 1.54) is 87.8 Å². The highest BCUT2D eigenvalue weighted by Crippen LogP contribution is 2.20. The van der Waals surface area contributed by atoms with Crippen LogP contribution in [-0.2, 0) is 20.7 Å². The Morgan fingerprint density at radius 3 is 1.77 bits per heavy atom. The molecule has 0 fully saturated rings. The maximum atomic E-state index is 11.8. The van der Waals surface area contributed by atoms with E-state index >= 15 is 0 Å². The maximum absolute atomic E-state index is 11.8. The summed E-state index contributed by atoms with van der Waals surface area (Å²) in [5.74, 6) is 0.0225. The van der Waals surface area contributed by atoms with Crippen LogP contribution in [0.4, 0.5) is 0 Å². The Balaban J connectivity index is 3.93. The number of alkyl halides is 1. The van der Waals surface area contributed by atoms with Gasteiger partial charge in [-0.1, -0.05) is 113 Å². The van der Waals surface area contributed by atoms with Gasteiger partial charge in [0.15, 0.2) is 0 Å². The van der Waals surface area contributed by atoms with Crippen molar-refractivity contribution in [2.24, 2.45) is 5.92 Å². The lowest BCUT2D eigenvalue weighted by Crippen LogP contribution is -2.41. The van der Waals surface area contributed by atoms with E-state index in [9.17, 15) is 8.76 Å². The fourth-order valence-corrected chi connectivity index (χ4v) is 5.54. The average Bonchev–Trinajstić information content (AvgIpc) is 2.79. The van der Waals surface area contributed by atoms with Crippen LogP contribution in [0.15, 0.2) is 0 Å². The number of methoxy groups -OCH3 is 1. The molecule has 0 N–H and O–H groups in total. The predicted octanol–water partition coefficient (Wildman–Crippen LogP) is 6.70. The van der Waals surface area contributed by atoms with Crippen LogP contribution in [0.1, 0.15) is 103 Å². The number of nitrogens with zero attached hydrogens (tertiary/aromatic N) is 2. The highest BCUT2D eigenvalue weighted by atomic mass is 127. The second kappa shape index (κ2) is 23.8. The summed E-state index contributed by atoms with van der Waals surface area (Å²) in [5, 5.41) is 0. The summed E-state index contributed by atoms with van der Waals surface area (Å²) in [6.45, 7) is 5.41. The highest BCUT2D eigenvalue weighted by molar-refractivity contribution is 14.1. The van der Waals surface area contributed by atoms with Crippen LogP contribution in [0.2, 0.25) is 0 Å². The minimum atomic E-state index is -2.23. The van der Waals surface area contributed by atoms with Crippen molar-refractivity contribution in [3.63, 3.8) is 0 Å². The van der Waals surface area contributed by atoms with Gasteiger partial charge in [0, 0.05) is 50.4 Å². The molecule has 0 aromatic carbocycles. The molecule has 0 aromatic heterocycles. The van der Waals surface area contributed by atoms with Crippen LogP contribution >= 0.6 is 22.6 Å². The summed E-state index contributed by atoms with van der Waals surface area (Å²) in [6.07, 6.45) is 19.7. The van der Waals surface area contributed by atoms with Gasteiger partial charge in [-0.15, -0.1) is 0 Å². The third-order valence-corrected chi connectivity index (χ3v) is 8.54. The van der Waals surface area contributed by atoms with Crippen LogP contribution in [0.3, 0.4) is 0 Å². The zero-order valence-electron chi connectivity index (χ0n) is 23.6. The molecule has 0 saturated heterocycles. The number of rotatable bonds is 26. The van der Waals surface area contributed by atoms with Gasteiger partial charge in [0.25, 0.3) is 0 Å². The smallest absolute Gasteiger partial charge is 0.115 e. The number of hydrogen-bond donors (Lipinski definition) is 0. The van der Waals surface area contributed by atoms with Gasteiger partial charge in [-0.3, -0.25) is 4.21 Å². The Labute approximate surface area is 234 Å². The van der Waals surface area contributed by atoms with Crippen LogP contribution < -0.4 is 0 Å². The van der Waals surface area contributed by atoms with E-state index in [4.69, 9.17) is 9.47 Å². The summed E-state index contributed by atoms with van der Waals surface area (Å²) in [7, 11) is 8.04. The van der Waals surface area contributed by atoms with E-state index in [-0.39, 0.29) is 10.0 Å². The quantitative estimate of drug-likeness (QED) is 0.0350. The normalized spacial score (nSPS) is 15.0. The van der Waals surface area contributed by atoms with Gasteiger partial charge in [-0.2, -0.15) is 0 Å². The molecule has 0 amide bonds. The molecule has 8 heteroatoms. The van der Waals surface area contributed by atoms with Crippen LogP contribution in [0.5, 0.6) is 0 Å². The van der Waals surface area contributed by atoms with Gasteiger partial charge in [0.1, 0.15) is 4.11 Å². The summed E-state index contributed by atoms with van der Waals surface area (Å²) in [6, 6.07) is 0. The predicted molar refractivity (Wildman–Crippen MR) is 157 cm³/mol. The molecule has 0 heterocycles. The molecular weight excluding hydrogens is 575 g/mol. The van der Waals surface area contributed by atoms with Crippen molar-refractivity contribution < 1.29 is 22.7 Å². The van der Waals surface area contributed by atoms with Crippen molar-refractivity contribution in [2.75, 3.05) is 61.1 Å². The molecule has 0 aliphatic carbocycles. The molecule has 0 aliphatic rings. The van der Waals surface area contributed by atoms with E-state index in [0.29, 0.717) is 19.7 Å². The average molecular weight is 633 g/mol. The molecular formula is C27H57IN2O4S. The van der Waals surface area contributed by atoms with Crippen molar-refractivity contribution in [2.45, 2.75) is 107 Å². The van der Waals surface area contributed by atoms with Gasteiger partial charge in [-0.25, -0.2) is 4.31 Å². The van der Waals surface area contributed by atoms with E-state index in [0.717, 1.165) is 30.5 Å². The second-order valence-corrected chi connectivity index (χ2v) is 13.2. The third-order valence-electron chi connectivity index (χ3n) is 6.41. The van der Waals surface area contributed by atoms with Gasteiger partial charge in [0.2, 0.25) is 0 Å². The molecule has 35 heavy (non-hydrogen) atoms. The molecule has 0 bridgehead atoms. The Kier molecular flexibility index (Phi) is 24.2. The van der Waals surface area contributed by atoms with Crippen LogP contribution in [0, 0.1) is 5.92 Å². The van der Waals surface area contributed by atoms with Gasteiger partial charge in [0.05, 0.1) is 34.3 Å². The van der Waals surface area contributed by atoms with Gasteiger partial charge >= 0.3 is 0 Å². The number of unbranched alkanes of at least 4 members (excludes halogenated alkanes) is 13. The highest BCUT2D eigenvalue weighted by Gasteiger charge is 2.23. The first-order chi connectivity index (χ1) is 16.7. The van der Waals surface area contributed by atoms with E-state index in [1.54, 1.807) is 7.11 Å². The Bertz CT molecular complexity index is 494. The summed E-state index contributed by atoms with van der Waals surface area (Å²) >= 11 is 0.0727. The van der Waals surface area contributed by atoms with Crippen molar-refractivity contribution in [1.82, 2.24) is 4.31 Å². The molecule has 3 atom stereocenters. The molecule has 0 spiro atoms. The SMILES string of the molecule is CCCCCCCCCCCCCCCCOC(I)C(COC)CN(CCC[N+](C)(C)C)S(=O)[O-]. The molecule has 0 radical (unpaired) electrons. The zero-order valence-corrected chi connectivity index (χ0v) is 26.6.